The van der Waals surface area contributed by atoms with Gasteiger partial charge < -0.3 is 4.12 Å². The average Bonchev–Trinajstić information content (AvgIpc) is 3.29. The van der Waals surface area contributed by atoms with Crippen molar-refractivity contribution < 1.29 is 4.12 Å². The van der Waals surface area contributed by atoms with Crippen molar-refractivity contribution in [2.24, 2.45) is 0 Å². The van der Waals surface area contributed by atoms with E-state index in [9.17, 15) is 0 Å². The van der Waals surface area contributed by atoms with Gasteiger partial charge in [0.1, 0.15) is 0 Å². The van der Waals surface area contributed by atoms with Gasteiger partial charge >= 0.3 is 0 Å². The summed E-state index contributed by atoms with van der Waals surface area (Å²) in [4.78, 5) is 0. The van der Waals surface area contributed by atoms with Crippen LogP contribution >= 0.6 is 0 Å². The summed E-state index contributed by atoms with van der Waals surface area (Å²) in [5.74, 6) is 0. The maximum absolute atomic E-state index is 8.66. The molecule has 0 aliphatic carbocycles. The molecule has 0 saturated carbocycles. The fourth-order valence-electron chi connectivity index (χ4n) is 11.0. The third kappa shape index (κ3) is 43.4. The third-order valence-electron chi connectivity index (χ3n) is 15.3. The first kappa shape index (κ1) is 63.4. The zero-order chi connectivity index (χ0) is 45.9. The topological polar surface area (TPSA) is 9.23 Å². The first-order valence-electron chi connectivity index (χ1n) is 30.8. The molecule has 0 radical (unpaired) electrons. The Morgan fingerprint density at radius 2 is 0.270 bits per heavy atom. The van der Waals surface area contributed by atoms with E-state index >= 15 is 0 Å². The van der Waals surface area contributed by atoms with Crippen molar-refractivity contribution in [2.75, 3.05) is 0 Å². The smallest absolute Gasteiger partial charge is 0.179 e. The molecule has 0 fully saturated rings. The van der Waals surface area contributed by atoms with Gasteiger partial charge in [-0.05, 0) is 36.3 Å². The minimum atomic E-state index is -1.88. The van der Waals surface area contributed by atoms with E-state index in [1.807, 2.05) is 0 Å². The standard InChI is InChI=1S/C60H126OSi2/c1-7-13-19-25-31-37-43-49-55-62(56-50-44-38-32-26-20-14-8-2,57-51-45-39-33-27-21-15-9-3)61-63(58-52-46-40-34-28-22-16-10-4,59-53-47-41-35-29-23-17-11-5)60-54-48-42-36-30-24-18-12-6/h7-60H2,1-6H3. The lowest BCUT2D eigenvalue weighted by atomic mass is 10.1. The van der Waals surface area contributed by atoms with Crippen LogP contribution in [-0.4, -0.2) is 16.6 Å². The van der Waals surface area contributed by atoms with Gasteiger partial charge in [0.05, 0.1) is 0 Å². The molecule has 0 aromatic heterocycles. The summed E-state index contributed by atoms with van der Waals surface area (Å²) >= 11 is 0. The van der Waals surface area contributed by atoms with Gasteiger partial charge in [-0.15, -0.1) is 0 Å². The van der Waals surface area contributed by atoms with E-state index in [0.717, 1.165) is 0 Å². The summed E-state index contributed by atoms with van der Waals surface area (Å²) in [5, 5.41) is 0. The molecule has 380 valence electrons. The van der Waals surface area contributed by atoms with Crippen LogP contribution in [0.15, 0.2) is 0 Å². The Labute approximate surface area is 404 Å². The quantitative estimate of drug-likeness (QED) is 0.0436. The average molecular weight is 920 g/mol. The van der Waals surface area contributed by atoms with Crippen molar-refractivity contribution in [1.29, 1.82) is 0 Å². The second-order valence-corrected chi connectivity index (χ2v) is 30.4. The van der Waals surface area contributed by atoms with Crippen LogP contribution in [0.25, 0.3) is 0 Å². The van der Waals surface area contributed by atoms with Crippen molar-refractivity contribution >= 4 is 16.6 Å². The van der Waals surface area contributed by atoms with E-state index in [1.165, 1.54) is 344 Å². The Bertz CT molecular complexity index is 662. The highest BCUT2D eigenvalue weighted by atomic mass is 28.4. The number of unbranched alkanes of at least 4 members (excludes halogenated alkanes) is 42. The zero-order valence-corrected chi connectivity index (χ0v) is 47.6. The molecular formula is C60H126OSi2. The van der Waals surface area contributed by atoms with Gasteiger partial charge in [-0.2, -0.15) is 0 Å². The molecular weight excluding hydrogens is 793 g/mol. The van der Waals surface area contributed by atoms with Crippen LogP contribution in [-0.2, 0) is 4.12 Å². The van der Waals surface area contributed by atoms with Crippen molar-refractivity contribution in [2.45, 2.75) is 386 Å². The number of hydrogen-bond acceptors (Lipinski definition) is 1. The molecule has 0 bridgehead atoms. The molecule has 0 rings (SSSR count). The van der Waals surface area contributed by atoms with E-state index < -0.39 is 16.6 Å². The Balaban J connectivity index is 6.51. The predicted molar refractivity (Wildman–Crippen MR) is 297 cm³/mol. The van der Waals surface area contributed by atoms with Crippen molar-refractivity contribution in [3.63, 3.8) is 0 Å². The van der Waals surface area contributed by atoms with Crippen LogP contribution < -0.4 is 0 Å². The SMILES string of the molecule is CCCCCCCCCC[Si](CCCCCCCCCC)(CCCCCCCCCC)O[Si](CCCCCCCCCC)(CCCCCCCCCC)CCCCCCCCCC. The molecule has 0 heterocycles. The van der Waals surface area contributed by atoms with Crippen molar-refractivity contribution in [1.82, 2.24) is 0 Å². The van der Waals surface area contributed by atoms with Gasteiger partial charge in [-0.25, -0.2) is 0 Å². The molecule has 63 heavy (non-hydrogen) atoms. The Hall–Kier alpha value is 0.394. The van der Waals surface area contributed by atoms with Crippen molar-refractivity contribution in [3.8, 4) is 0 Å². The Kier molecular flexibility index (Phi) is 52.1. The molecule has 0 amide bonds. The molecule has 0 spiro atoms. The highest BCUT2D eigenvalue weighted by Crippen LogP contribution is 2.40. The van der Waals surface area contributed by atoms with Crippen LogP contribution in [0.5, 0.6) is 0 Å². The second kappa shape index (κ2) is 51.8. The third-order valence-corrected chi connectivity index (χ3v) is 26.4. The fourth-order valence-corrected chi connectivity index (χ4v) is 24.0. The first-order chi connectivity index (χ1) is 31.1. The molecule has 0 aromatic rings. The lowest BCUT2D eigenvalue weighted by Crippen LogP contribution is -2.51. The van der Waals surface area contributed by atoms with Crippen LogP contribution in [0.1, 0.15) is 350 Å². The van der Waals surface area contributed by atoms with Gasteiger partial charge in [-0.1, -0.05) is 350 Å². The van der Waals surface area contributed by atoms with Crippen molar-refractivity contribution in [3.05, 3.63) is 0 Å². The van der Waals surface area contributed by atoms with Crippen LogP contribution in [0.3, 0.4) is 0 Å². The van der Waals surface area contributed by atoms with Gasteiger partial charge in [0.25, 0.3) is 0 Å². The van der Waals surface area contributed by atoms with E-state index in [2.05, 4.69) is 41.5 Å². The summed E-state index contributed by atoms with van der Waals surface area (Å²) in [5.41, 5.74) is 0. The van der Waals surface area contributed by atoms with E-state index in [1.54, 1.807) is 0 Å². The molecule has 3 heteroatoms. The molecule has 0 saturated heterocycles. The molecule has 0 aromatic carbocycles. The number of rotatable bonds is 56. The minimum Gasteiger partial charge on any atom is -0.455 e. The first-order valence-corrected chi connectivity index (χ1v) is 35.8. The van der Waals surface area contributed by atoms with Crippen LogP contribution in [0.4, 0.5) is 0 Å². The monoisotopic (exact) mass is 919 g/mol. The van der Waals surface area contributed by atoms with Gasteiger partial charge in [0.2, 0.25) is 0 Å². The highest BCUT2D eigenvalue weighted by Gasteiger charge is 2.43. The van der Waals surface area contributed by atoms with Gasteiger partial charge in [0.15, 0.2) is 16.6 Å². The zero-order valence-electron chi connectivity index (χ0n) is 45.6. The van der Waals surface area contributed by atoms with Gasteiger partial charge in [0, 0.05) is 0 Å². The summed E-state index contributed by atoms with van der Waals surface area (Å²) in [7, 11) is -3.77. The molecule has 0 unspecified atom stereocenters. The fraction of sp³-hybridized carbons (Fsp3) is 1.00. The maximum atomic E-state index is 8.66. The summed E-state index contributed by atoms with van der Waals surface area (Å²) < 4.78 is 8.66. The van der Waals surface area contributed by atoms with Crippen LogP contribution in [0, 0.1) is 0 Å². The second-order valence-electron chi connectivity index (χ2n) is 21.8. The number of hydrogen-bond donors (Lipinski definition) is 0. The van der Waals surface area contributed by atoms with E-state index in [0.29, 0.717) is 0 Å². The molecule has 1 nitrogen and oxygen atoms in total. The largest absolute Gasteiger partial charge is 0.455 e. The van der Waals surface area contributed by atoms with E-state index in [4.69, 9.17) is 4.12 Å². The van der Waals surface area contributed by atoms with Gasteiger partial charge in [-0.3, -0.25) is 0 Å². The summed E-state index contributed by atoms with van der Waals surface area (Å²) in [6, 6.07) is 9.06. The molecule has 0 N–H and O–H groups in total. The Morgan fingerprint density at radius 3 is 0.397 bits per heavy atom. The molecule has 0 atom stereocenters. The highest BCUT2D eigenvalue weighted by molar-refractivity contribution is 6.87. The summed E-state index contributed by atoms with van der Waals surface area (Å²) in [6.45, 7) is 14.2. The minimum absolute atomic E-state index is 1.37. The lowest BCUT2D eigenvalue weighted by Gasteiger charge is -2.44. The molecule has 0 aliphatic heterocycles. The van der Waals surface area contributed by atoms with Crippen LogP contribution in [0.2, 0.25) is 36.3 Å². The molecule has 0 aliphatic rings. The maximum Gasteiger partial charge on any atom is 0.179 e. The normalized spacial score (nSPS) is 12.3. The predicted octanol–water partition coefficient (Wildman–Crippen LogP) is 23.7. The van der Waals surface area contributed by atoms with E-state index in [-0.39, 0.29) is 0 Å². The lowest BCUT2D eigenvalue weighted by molar-refractivity contribution is 0.460. The summed E-state index contributed by atoms with van der Waals surface area (Å²) in [6.07, 6.45) is 69.7. The Morgan fingerprint density at radius 1 is 0.159 bits per heavy atom.